The van der Waals surface area contributed by atoms with Crippen molar-refractivity contribution in [1.82, 2.24) is 5.32 Å². The molecule has 0 saturated carbocycles. The SMILES string of the molecule is SC[C@H]1CNCCO1. The van der Waals surface area contributed by atoms with Gasteiger partial charge in [-0.3, -0.25) is 0 Å². The van der Waals surface area contributed by atoms with Gasteiger partial charge in [-0.1, -0.05) is 0 Å². The predicted octanol–water partition coefficient (Wildman–Crippen LogP) is -0.0954. The second kappa shape index (κ2) is 3.33. The first kappa shape index (κ1) is 6.39. The van der Waals surface area contributed by atoms with Crippen molar-refractivity contribution in [2.75, 3.05) is 25.4 Å². The van der Waals surface area contributed by atoms with Crippen LogP contribution in [0.5, 0.6) is 0 Å². The van der Waals surface area contributed by atoms with Crippen LogP contribution in [0.15, 0.2) is 0 Å². The molecule has 1 aliphatic heterocycles. The van der Waals surface area contributed by atoms with Crippen LogP contribution in [0.25, 0.3) is 0 Å². The van der Waals surface area contributed by atoms with Crippen LogP contribution in [-0.2, 0) is 4.74 Å². The summed E-state index contributed by atoms with van der Waals surface area (Å²) in [4.78, 5) is 0. The molecule has 0 unspecified atom stereocenters. The molecule has 0 aliphatic carbocycles. The number of rotatable bonds is 1. The van der Waals surface area contributed by atoms with Crippen LogP contribution < -0.4 is 5.32 Å². The summed E-state index contributed by atoms with van der Waals surface area (Å²) >= 11 is 4.10. The minimum Gasteiger partial charge on any atom is -0.375 e. The third-order valence-electron chi connectivity index (χ3n) is 1.21. The van der Waals surface area contributed by atoms with Crippen molar-refractivity contribution < 1.29 is 4.74 Å². The van der Waals surface area contributed by atoms with E-state index in [1.165, 1.54) is 0 Å². The molecular weight excluding hydrogens is 122 g/mol. The van der Waals surface area contributed by atoms with Gasteiger partial charge in [0.15, 0.2) is 0 Å². The lowest BCUT2D eigenvalue weighted by molar-refractivity contribution is 0.0443. The van der Waals surface area contributed by atoms with E-state index in [0.29, 0.717) is 6.10 Å². The molecule has 0 aromatic heterocycles. The first-order valence-electron chi connectivity index (χ1n) is 2.86. The fraction of sp³-hybridized carbons (Fsp3) is 1.00. The van der Waals surface area contributed by atoms with E-state index in [1.807, 2.05) is 0 Å². The Morgan fingerprint density at radius 3 is 3.00 bits per heavy atom. The van der Waals surface area contributed by atoms with E-state index in [2.05, 4.69) is 17.9 Å². The van der Waals surface area contributed by atoms with Crippen molar-refractivity contribution in [3.8, 4) is 0 Å². The maximum Gasteiger partial charge on any atom is 0.0787 e. The van der Waals surface area contributed by atoms with Crippen LogP contribution in [0.4, 0.5) is 0 Å². The first-order chi connectivity index (χ1) is 3.93. The summed E-state index contributed by atoms with van der Waals surface area (Å²) in [5.41, 5.74) is 0. The molecule has 1 rings (SSSR count). The minimum atomic E-state index is 0.340. The summed E-state index contributed by atoms with van der Waals surface area (Å²) in [7, 11) is 0. The fourth-order valence-electron chi connectivity index (χ4n) is 0.737. The lowest BCUT2D eigenvalue weighted by atomic mass is 10.3. The quantitative estimate of drug-likeness (QED) is 0.488. The van der Waals surface area contributed by atoms with Crippen LogP contribution in [0.1, 0.15) is 0 Å². The molecule has 8 heavy (non-hydrogen) atoms. The highest BCUT2D eigenvalue weighted by molar-refractivity contribution is 7.80. The van der Waals surface area contributed by atoms with Crippen molar-refractivity contribution in [3.05, 3.63) is 0 Å². The number of nitrogens with one attached hydrogen (secondary N) is 1. The second-order valence-electron chi connectivity index (χ2n) is 1.88. The number of thiol groups is 1. The molecule has 3 heteroatoms. The fourth-order valence-corrected chi connectivity index (χ4v) is 0.971. The van der Waals surface area contributed by atoms with E-state index < -0.39 is 0 Å². The number of hydrogen-bond acceptors (Lipinski definition) is 3. The molecule has 1 aliphatic rings. The van der Waals surface area contributed by atoms with Gasteiger partial charge in [-0.25, -0.2) is 0 Å². The number of morpholine rings is 1. The van der Waals surface area contributed by atoms with Gasteiger partial charge in [0.1, 0.15) is 0 Å². The van der Waals surface area contributed by atoms with E-state index in [0.717, 1.165) is 25.4 Å². The van der Waals surface area contributed by atoms with Crippen LogP contribution in [0.2, 0.25) is 0 Å². The Morgan fingerprint density at radius 2 is 2.62 bits per heavy atom. The van der Waals surface area contributed by atoms with E-state index in [1.54, 1.807) is 0 Å². The zero-order chi connectivity index (χ0) is 5.82. The van der Waals surface area contributed by atoms with Crippen molar-refractivity contribution in [3.63, 3.8) is 0 Å². The zero-order valence-corrected chi connectivity index (χ0v) is 5.66. The second-order valence-corrected chi connectivity index (χ2v) is 2.24. The Hall–Kier alpha value is 0.270. The molecule has 48 valence electrons. The molecule has 0 amide bonds. The average Bonchev–Trinajstić information content (AvgIpc) is 1.90. The molecule has 0 spiro atoms. The summed E-state index contributed by atoms with van der Waals surface area (Å²) in [6.45, 7) is 2.79. The molecule has 0 aromatic rings. The Bertz CT molecular complexity index is 63.4. The predicted molar refractivity (Wildman–Crippen MR) is 36.5 cm³/mol. The summed E-state index contributed by atoms with van der Waals surface area (Å²) in [6.07, 6.45) is 0.340. The van der Waals surface area contributed by atoms with Crippen molar-refractivity contribution in [2.24, 2.45) is 0 Å². The minimum absolute atomic E-state index is 0.340. The normalized spacial score (nSPS) is 30.4. The van der Waals surface area contributed by atoms with E-state index in [4.69, 9.17) is 4.74 Å². The zero-order valence-electron chi connectivity index (χ0n) is 4.76. The average molecular weight is 133 g/mol. The highest BCUT2D eigenvalue weighted by Crippen LogP contribution is 1.96. The van der Waals surface area contributed by atoms with Gasteiger partial charge in [-0.15, -0.1) is 0 Å². The van der Waals surface area contributed by atoms with Crippen LogP contribution in [0, 0.1) is 0 Å². The van der Waals surface area contributed by atoms with Gasteiger partial charge >= 0.3 is 0 Å². The lowest BCUT2D eigenvalue weighted by Gasteiger charge is -2.21. The van der Waals surface area contributed by atoms with Crippen LogP contribution in [0.3, 0.4) is 0 Å². The highest BCUT2D eigenvalue weighted by Gasteiger charge is 2.09. The molecule has 1 N–H and O–H groups in total. The summed E-state index contributed by atoms with van der Waals surface area (Å²) in [5, 5.41) is 3.21. The molecule has 2 nitrogen and oxygen atoms in total. The van der Waals surface area contributed by atoms with E-state index in [-0.39, 0.29) is 0 Å². The standard InChI is InChI=1S/C5H11NOS/c8-4-5-3-6-1-2-7-5/h5-6,8H,1-4H2/t5-/m1/s1. The Morgan fingerprint density at radius 1 is 1.75 bits per heavy atom. The Kier molecular flexibility index (Phi) is 2.66. The third-order valence-corrected chi connectivity index (χ3v) is 1.62. The summed E-state index contributed by atoms with van der Waals surface area (Å²) in [5.74, 6) is 0.826. The van der Waals surface area contributed by atoms with Gasteiger partial charge in [0, 0.05) is 18.8 Å². The topological polar surface area (TPSA) is 21.3 Å². The van der Waals surface area contributed by atoms with Gasteiger partial charge < -0.3 is 10.1 Å². The molecular formula is C5H11NOS. The van der Waals surface area contributed by atoms with Gasteiger partial charge in [0.25, 0.3) is 0 Å². The molecule has 0 aromatic carbocycles. The van der Waals surface area contributed by atoms with Gasteiger partial charge in [0.2, 0.25) is 0 Å². The van der Waals surface area contributed by atoms with Gasteiger partial charge in [0.05, 0.1) is 12.7 Å². The maximum atomic E-state index is 5.29. The third kappa shape index (κ3) is 1.65. The molecule has 0 bridgehead atoms. The van der Waals surface area contributed by atoms with Crippen LogP contribution in [-0.4, -0.2) is 31.6 Å². The van der Waals surface area contributed by atoms with E-state index in [9.17, 15) is 0 Å². The van der Waals surface area contributed by atoms with Crippen LogP contribution >= 0.6 is 12.6 Å². The first-order valence-corrected chi connectivity index (χ1v) is 3.50. The summed E-state index contributed by atoms with van der Waals surface area (Å²) < 4.78 is 5.29. The molecule has 1 heterocycles. The molecule has 1 fully saturated rings. The molecule has 1 atom stereocenters. The number of hydrogen-bond donors (Lipinski definition) is 2. The van der Waals surface area contributed by atoms with Gasteiger partial charge in [-0.2, -0.15) is 12.6 Å². The molecule has 0 radical (unpaired) electrons. The van der Waals surface area contributed by atoms with Crippen molar-refractivity contribution >= 4 is 12.6 Å². The van der Waals surface area contributed by atoms with Crippen molar-refractivity contribution in [1.29, 1.82) is 0 Å². The van der Waals surface area contributed by atoms with Gasteiger partial charge in [-0.05, 0) is 0 Å². The molecule has 1 saturated heterocycles. The largest absolute Gasteiger partial charge is 0.375 e. The Labute approximate surface area is 55.0 Å². The Balaban J connectivity index is 2.13. The smallest absolute Gasteiger partial charge is 0.0787 e. The lowest BCUT2D eigenvalue weighted by Crippen LogP contribution is -2.39. The monoisotopic (exact) mass is 133 g/mol. The van der Waals surface area contributed by atoms with Crippen molar-refractivity contribution in [2.45, 2.75) is 6.10 Å². The van der Waals surface area contributed by atoms with E-state index >= 15 is 0 Å². The maximum absolute atomic E-state index is 5.29. The highest BCUT2D eigenvalue weighted by atomic mass is 32.1. The number of ether oxygens (including phenoxy) is 1. The summed E-state index contributed by atoms with van der Waals surface area (Å²) in [6, 6.07) is 0.